The van der Waals surface area contributed by atoms with Crippen molar-refractivity contribution in [3.8, 4) is 16.9 Å². The Kier molecular flexibility index (Phi) is 7.87. The lowest BCUT2D eigenvalue weighted by Crippen LogP contribution is -2.14. The Bertz CT molecular complexity index is 1090. The van der Waals surface area contributed by atoms with E-state index in [1.165, 1.54) is 0 Å². The van der Waals surface area contributed by atoms with Crippen LogP contribution in [0.25, 0.3) is 11.1 Å². The molecule has 0 unspecified atom stereocenters. The molecule has 1 N–H and O–H groups in total. The van der Waals surface area contributed by atoms with Crippen LogP contribution in [0.15, 0.2) is 86.0 Å². The van der Waals surface area contributed by atoms with E-state index in [2.05, 4.69) is 18.5 Å². The zero-order chi connectivity index (χ0) is 22.9. The van der Waals surface area contributed by atoms with Gasteiger partial charge in [0.1, 0.15) is 12.4 Å². The lowest BCUT2D eigenvalue weighted by Gasteiger charge is -2.25. The maximum Gasteiger partial charge on any atom is 0.339 e. The molecule has 0 aliphatic carbocycles. The third-order valence-corrected chi connectivity index (χ3v) is 5.08. The summed E-state index contributed by atoms with van der Waals surface area (Å²) in [5.74, 6) is 0.318. The average Bonchev–Trinajstić information content (AvgIpc) is 2.81. The molecule has 4 heteroatoms. The van der Waals surface area contributed by atoms with Gasteiger partial charge >= 0.3 is 5.97 Å². The topological polar surface area (TPSA) is 47.6 Å². The van der Waals surface area contributed by atoms with Crippen molar-refractivity contribution in [2.45, 2.75) is 20.3 Å². The molecule has 0 saturated carbocycles. The Labute approximate surface area is 190 Å². The molecule has 0 bridgehead atoms. The van der Waals surface area contributed by atoms with Crippen LogP contribution in [0.3, 0.4) is 0 Å². The summed E-state index contributed by atoms with van der Waals surface area (Å²) in [6, 6.07) is 19.7. The number of allylic oxidation sites excluding steroid dienone is 1. The minimum absolute atomic E-state index is 0.291. The first-order chi connectivity index (χ1) is 15.6. The highest BCUT2D eigenvalue weighted by Gasteiger charge is 2.28. The number of rotatable bonds is 10. The third-order valence-electron chi connectivity index (χ3n) is 5.08. The summed E-state index contributed by atoms with van der Waals surface area (Å²) >= 11 is 0. The van der Waals surface area contributed by atoms with Gasteiger partial charge in [-0.05, 0) is 43.5 Å². The minimum Gasteiger partial charge on any atom is -0.487 e. The Hall–Kier alpha value is -3.79. The van der Waals surface area contributed by atoms with Gasteiger partial charge < -0.3 is 14.8 Å². The number of hydrogen-bond acceptors (Lipinski definition) is 4. The Morgan fingerprint density at radius 3 is 2.25 bits per heavy atom. The number of benzene rings is 3. The fourth-order valence-corrected chi connectivity index (χ4v) is 3.74. The van der Waals surface area contributed by atoms with Crippen LogP contribution in [0.1, 0.15) is 28.4 Å². The van der Waals surface area contributed by atoms with Gasteiger partial charge in [0.2, 0.25) is 0 Å². The van der Waals surface area contributed by atoms with E-state index >= 15 is 0 Å². The van der Waals surface area contributed by atoms with Gasteiger partial charge in [-0.15, -0.1) is 6.58 Å². The molecule has 4 nitrogen and oxygen atoms in total. The van der Waals surface area contributed by atoms with Crippen LogP contribution in [0.5, 0.6) is 5.75 Å². The van der Waals surface area contributed by atoms with E-state index in [0.29, 0.717) is 30.9 Å². The zero-order valence-electron chi connectivity index (χ0n) is 18.7. The van der Waals surface area contributed by atoms with Gasteiger partial charge in [0.05, 0.1) is 17.9 Å². The van der Waals surface area contributed by atoms with Gasteiger partial charge in [0, 0.05) is 16.8 Å². The largest absolute Gasteiger partial charge is 0.487 e. The lowest BCUT2D eigenvalue weighted by atomic mass is 9.87. The van der Waals surface area contributed by atoms with Crippen LogP contribution in [0.4, 0.5) is 11.4 Å². The fourth-order valence-electron chi connectivity index (χ4n) is 3.74. The summed E-state index contributed by atoms with van der Waals surface area (Å²) in [5.41, 5.74) is 5.52. The summed E-state index contributed by atoms with van der Waals surface area (Å²) < 4.78 is 11.7. The van der Waals surface area contributed by atoms with Crippen molar-refractivity contribution >= 4 is 17.3 Å². The first-order valence-electron chi connectivity index (χ1n) is 10.7. The normalized spacial score (nSPS) is 10.3. The van der Waals surface area contributed by atoms with E-state index in [4.69, 9.17) is 9.47 Å². The molecule has 164 valence electrons. The Morgan fingerprint density at radius 1 is 1.00 bits per heavy atom. The first kappa shape index (κ1) is 22.9. The highest BCUT2D eigenvalue weighted by molar-refractivity contribution is 6.03. The van der Waals surface area contributed by atoms with Crippen molar-refractivity contribution in [3.63, 3.8) is 0 Å². The molecule has 3 rings (SSSR count). The van der Waals surface area contributed by atoms with E-state index in [0.717, 1.165) is 33.6 Å². The van der Waals surface area contributed by atoms with Crippen LogP contribution in [-0.2, 0) is 11.2 Å². The van der Waals surface area contributed by atoms with Crippen molar-refractivity contribution in [2.75, 3.05) is 18.5 Å². The molecule has 3 aromatic rings. The molecule has 32 heavy (non-hydrogen) atoms. The van der Waals surface area contributed by atoms with Crippen molar-refractivity contribution in [1.29, 1.82) is 0 Å². The number of para-hydroxylation sites is 1. The van der Waals surface area contributed by atoms with Crippen molar-refractivity contribution < 1.29 is 14.3 Å². The smallest absolute Gasteiger partial charge is 0.339 e. The number of anilines is 2. The van der Waals surface area contributed by atoms with Gasteiger partial charge in [-0.3, -0.25) is 0 Å². The molecule has 0 aromatic heterocycles. The zero-order valence-corrected chi connectivity index (χ0v) is 18.7. The molecule has 0 radical (unpaired) electrons. The fraction of sp³-hybridized carbons (Fsp3) is 0.179. The van der Waals surface area contributed by atoms with E-state index in [9.17, 15) is 4.79 Å². The number of carbonyl (C=O) groups excluding carboxylic acids is 1. The maximum absolute atomic E-state index is 13.2. The summed E-state index contributed by atoms with van der Waals surface area (Å²) in [5, 5.41) is 3.46. The standard InChI is InChI=1S/C28H29NO3/c1-5-14-23-25(21-15-10-8-11-16-21)24(28(30)31-7-3)20(4)26(27(23)32-19-6-2)29-22-17-12-9-13-18-22/h5-6,8-13,15-18,29H,1-2,7,14,19H2,3-4H3. The number of hydrogen-bond donors (Lipinski definition) is 1. The molecule has 0 spiro atoms. The Morgan fingerprint density at radius 2 is 1.66 bits per heavy atom. The maximum atomic E-state index is 13.2. The van der Waals surface area contributed by atoms with Crippen molar-refractivity contribution in [1.82, 2.24) is 0 Å². The second-order valence-corrected chi connectivity index (χ2v) is 7.23. The van der Waals surface area contributed by atoms with Crippen LogP contribution < -0.4 is 10.1 Å². The molecule has 0 atom stereocenters. The summed E-state index contributed by atoms with van der Waals surface area (Å²) in [4.78, 5) is 13.2. The van der Waals surface area contributed by atoms with Gasteiger partial charge in [-0.25, -0.2) is 4.79 Å². The van der Waals surface area contributed by atoms with Crippen molar-refractivity contribution in [3.05, 3.63) is 103 Å². The molecule has 0 saturated heterocycles. The van der Waals surface area contributed by atoms with Crippen LogP contribution in [0.2, 0.25) is 0 Å². The third kappa shape index (κ3) is 4.92. The Balaban J connectivity index is 2.39. The van der Waals surface area contributed by atoms with E-state index < -0.39 is 0 Å². The number of esters is 1. The molecular formula is C28H29NO3. The number of nitrogens with one attached hydrogen (secondary N) is 1. The van der Waals surface area contributed by atoms with Gasteiger partial charge in [-0.1, -0.05) is 67.3 Å². The quantitative estimate of drug-likeness (QED) is 0.283. The van der Waals surface area contributed by atoms with Crippen LogP contribution in [-0.4, -0.2) is 19.2 Å². The summed E-state index contributed by atoms with van der Waals surface area (Å²) in [6.07, 6.45) is 4.05. The predicted molar refractivity (Wildman–Crippen MR) is 132 cm³/mol. The molecular weight excluding hydrogens is 398 g/mol. The predicted octanol–water partition coefficient (Wildman–Crippen LogP) is 6.88. The molecule has 0 amide bonds. The average molecular weight is 428 g/mol. The number of ether oxygens (including phenoxy) is 2. The molecule has 0 aliphatic rings. The first-order valence-corrected chi connectivity index (χ1v) is 10.7. The van der Waals surface area contributed by atoms with Crippen LogP contribution in [0, 0.1) is 6.92 Å². The molecule has 0 fully saturated rings. The van der Waals surface area contributed by atoms with Gasteiger partial charge in [-0.2, -0.15) is 0 Å². The summed E-state index contributed by atoms with van der Waals surface area (Å²) in [6.45, 7) is 12.1. The number of carbonyl (C=O) groups is 1. The van der Waals surface area contributed by atoms with E-state index in [1.54, 1.807) is 6.08 Å². The van der Waals surface area contributed by atoms with Crippen LogP contribution >= 0.6 is 0 Å². The second kappa shape index (κ2) is 11.0. The second-order valence-electron chi connectivity index (χ2n) is 7.23. The minimum atomic E-state index is -0.361. The highest BCUT2D eigenvalue weighted by atomic mass is 16.5. The lowest BCUT2D eigenvalue weighted by molar-refractivity contribution is 0.0526. The van der Waals surface area contributed by atoms with Crippen molar-refractivity contribution in [2.24, 2.45) is 0 Å². The summed E-state index contributed by atoms with van der Waals surface area (Å²) in [7, 11) is 0. The molecule has 0 aliphatic heterocycles. The molecule has 0 heterocycles. The SMILES string of the molecule is C=CCOc1c(CC=C)c(-c2ccccc2)c(C(=O)OCC)c(C)c1Nc1ccccc1. The van der Waals surface area contributed by atoms with E-state index in [1.807, 2.05) is 80.6 Å². The van der Waals surface area contributed by atoms with E-state index in [-0.39, 0.29) is 5.97 Å². The molecule has 3 aromatic carbocycles. The van der Waals surface area contributed by atoms with Gasteiger partial charge in [0.25, 0.3) is 0 Å². The monoisotopic (exact) mass is 427 g/mol. The van der Waals surface area contributed by atoms with Gasteiger partial charge in [0.15, 0.2) is 0 Å². The highest BCUT2D eigenvalue weighted by Crippen LogP contribution is 2.45.